The molecule has 166 valence electrons. The summed E-state index contributed by atoms with van der Waals surface area (Å²) in [4.78, 5) is 15.5. The van der Waals surface area contributed by atoms with E-state index >= 15 is 0 Å². The van der Waals surface area contributed by atoms with Gasteiger partial charge in [-0.1, -0.05) is 42.1 Å². The van der Waals surface area contributed by atoms with Crippen LogP contribution < -0.4 is 19.7 Å². The van der Waals surface area contributed by atoms with Crippen molar-refractivity contribution in [1.82, 2.24) is 4.90 Å². The average Bonchev–Trinajstić information content (AvgIpc) is 3.12. The fourth-order valence-electron chi connectivity index (χ4n) is 3.29. The third-order valence-corrected chi connectivity index (χ3v) is 6.57. The minimum absolute atomic E-state index is 0.530. The first kappa shape index (κ1) is 23.8. The van der Waals surface area contributed by atoms with Gasteiger partial charge in [0.2, 0.25) is 0 Å². The minimum atomic E-state index is -0.641. The zero-order valence-electron chi connectivity index (χ0n) is 16.8. The van der Waals surface area contributed by atoms with Gasteiger partial charge in [0, 0.05) is 31.4 Å². The van der Waals surface area contributed by atoms with E-state index in [-0.39, 0.29) is 0 Å². The van der Waals surface area contributed by atoms with Crippen molar-refractivity contribution in [3.05, 3.63) is 52.5 Å². The number of halogens is 2. The molecule has 2 aromatic carbocycles. The number of benzene rings is 2. The Morgan fingerprint density at radius 1 is 1.13 bits per heavy atom. The summed E-state index contributed by atoms with van der Waals surface area (Å²) in [7, 11) is 0. The van der Waals surface area contributed by atoms with Crippen LogP contribution in [-0.2, 0) is 0 Å². The number of unbranched alkanes of at least 4 members (excludes halogenated alkanes) is 2. The molecule has 10 heteroatoms. The highest BCUT2D eigenvalue weighted by atomic mass is 35.5. The Morgan fingerprint density at radius 3 is 2.68 bits per heavy atom. The van der Waals surface area contributed by atoms with Gasteiger partial charge in [-0.15, -0.1) is 0 Å². The number of nitrogens with two attached hydrogens (primary N) is 1. The van der Waals surface area contributed by atoms with Crippen LogP contribution in [0.5, 0.6) is 5.75 Å². The van der Waals surface area contributed by atoms with Crippen LogP contribution in [0.2, 0.25) is 10.0 Å². The van der Waals surface area contributed by atoms with E-state index in [1.807, 2.05) is 18.2 Å². The fraction of sp³-hybridized carbons (Fsp3) is 0.333. The van der Waals surface area contributed by atoms with Gasteiger partial charge in [-0.25, -0.2) is 9.10 Å². The second-order valence-electron chi connectivity index (χ2n) is 7.08. The predicted molar refractivity (Wildman–Crippen MR) is 135 cm³/mol. The van der Waals surface area contributed by atoms with Crippen LogP contribution in [0.4, 0.5) is 16.2 Å². The molecule has 1 saturated heterocycles. The van der Waals surface area contributed by atoms with E-state index in [0.717, 1.165) is 54.0 Å². The zero-order valence-corrected chi connectivity index (χ0v) is 20.1. The van der Waals surface area contributed by atoms with Crippen LogP contribution in [-0.4, -0.2) is 42.3 Å². The second-order valence-corrected chi connectivity index (χ2v) is 8.66. The lowest BCUT2D eigenvalue weighted by Gasteiger charge is -2.22. The Morgan fingerprint density at radius 2 is 1.94 bits per heavy atom. The number of amides is 2. The molecule has 6 nitrogen and oxygen atoms in total. The topological polar surface area (TPSA) is 62.0 Å². The summed E-state index contributed by atoms with van der Waals surface area (Å²) < 4.78 is 6.86. The Hall–Kier alpha value is -1.87. The summed E-state index contributed by atoms with van der Waals surface area (Å²) in [6.07, 6.45) is 2.96. The molecule has 1 aliphatic rings. The summed E-state index contributed by atoms with van der Waals surface area (Å²) in [5, 5.41) is 1.89. The number of nitrogens with zero attached hydrogens (tertiary/aromatic N) is 3. The molecule has 0 aromatic heterocycles. The Kier molecular flexibility index (Phi) is 8.54. The molecule has 0 radical (unpaired) electrons. The van der Waals surface area contributed by atoms with Crippen LogP contribution in [0.25, 0.3) is 0 Å². The van der Waals surface area contributed by atoms with Gasteiger partial charge < -0.3 is 20.3 Å². The lowest BCUT2D eigenvalue weighted by Crippen LogP contribution is -2.32. The number of thiol groups is 1. The molecule has 2 N–H and O–H groups in total. The number of ether oxygens (including phenoxy) is 1. The summed E-state index contributed by atoms with van der Waals surface area (Å²) >= 11 is 21.8. The Bertz CT molecular complexity index is 947. The van der Waals surface area contributed by atoms with E-state index in [9.17, 15) is 4.79 Å². The molecule has 1 aliphatic heterocycles. The van der Waals surface area contributed by atoms with E-state index < -0.39 is 6.03 Å². The van der Waals surface area contributed by atoms with E-state index in [0.29, 0.717) is 28.1 Å². The van der Waals surface area contributed by atoms with Crippen molar-refractivity contribution in [1.29, 1.82) is 0 Å². The zero-order chi connectivity index (χ0) is 22.4. The lowest BCUT2D eigenvalue weighted by molar-refractivity contribution is 0.257. The van der Waals surface area contributed by atoms with Crippen LogP contribution in [0.15, 0.2) is 42.5 Å². The molecule has 0 saturated carbocycles. The minimum Gasteiger partial charge on any atom is -0.494 e. The summed E-state index contributed by atoms with van der Waals surface area (Å²) in [6.45, 7) is 3.22. The monoisotopic (exact) mass is 498 g/mol. The number of carbonyl (C=O) groups excluding carboxylic acids is 1. The molecule has 0 atom stereocenters. The van der Waals surface area contributed by atoms with Gasteiger partial charge in [-0.05, 0) is 61.8 Å². The largest absolute Gasteiger partial charge is 0.494 e. The smallest absolute Gasteiger partial charge is 0.329 e. The van der Waals surface area contributed by atoms with E-state index in [2.05, 4.69) is 22.6 Å². The summed E-state index contributed by atoms with van der Waals surface area (Å²) in [6, 6.07) is 12.1. The molecule has 1 heterocycles. The number of urea groups is 1. The van der Waals surface area contributed by atoms with Crippen LogP contribution in [0.1, 0.15) is 19.3 Å². The van der Waals surface area contributed by atoms with Gasteiger partial charge in [-0.2, -0.15) is 0 Å². The van der Waals surface area contributed by atoms with Crippen molar-refractivity contribution in [3.63, 3.8) is 0 Å². The molecule has 0 aliphatic carbocycles. The van der Waals surface area contributed by atoms with Crippen molar-refractivity contribution >= 4 is 70.8 Å². The maximum absolute atomic E-state index is 11.2. The number of rotatable bonds is 9. The van der Waals surface area contributed by atoms with Crippen molar-refractivity contribution in [2.24, 2.45) is 5.73 Å². The van der Waals surface area contributed by atoms with Crippen molar-refractivity contribution < 1.29 is 9.53 Å². The molecule has 3 rings (SSSR count). The average molecular weight is 499 g/mol. The number of hydrogen-bond donors (Lipinski definition) is 2. The maximum Gasteiger partial charge on any atom is 0.329 e. The first-order chi connectivity index (χ1) is 14.9. The molecule has 0 unspecified atom stereocenters. The molecule has 2 amide bonds. The highest BCUT2D eigenvalue weighted by molar-refractivity contribution is 7.82. The van der Waals surface area contributed by atoms with Crippen molar-refractivity contribution in [3.8, 4) is 5.75 Å². The lowest BCUT2D eigenvalue weighted by atomic mass is 10.2. The number of thiocarbonyl (C=S) groups is 1. The van der Waals surface area contributed by atoms with Gasteiger partial charge in [0.15, 0.2) is 5.11 Å². The Balaban J connectivity index is 1.38. The van der Waals surface area contributed by atoms with Crippen LogP contribution in [0, 0.1) is 0 Å². The Labute approximate surface area is 203 Å². The van der Waals surface area contributed by atoms with Crippen molar-refractivity contribution in [2.45, 2.75) is 19.3 Å². The predicted octanol–water partition coefficient (Wildman–Crippen LogP) is 5.38. The summed E-state index contributed by atoms with van der Waals surface area (Å²) in [5.74, 6) is 0.677. The van der Waals surface area contributed by atoms with E-state index in [4.69, 9.17) is 45.9 Å². The van der Waals surface area contributed by atoms with Gasteiger partial charge in [0.05, 0.1) is 22.3 Å². The molecular formula is C21H24Cl2N4O2S2. The van der Waals surface area contributed by atoms with Crippen LogP contribution in [0.3, 0.4) is 0 Å². The molecule has 0 spiro atoms. The van der Waals surface area contributed by atoms with Gasteiger partial charge in [0.25, 0.3) is 0 Å². The highest BCUT2D eigenvalue weighted by Gasteiger charge is 2.25. The normalized spacial score (nSPS) is 13.6. The van der Waals surface area contributed by atoms with Crippen molar-refractivity contribution in [2.75, 3.05) is 35.4 Å². The fourth-order valence-corrected chi connectivity index (χ4v) is 4.08. The van der Waals surface area contributed by atoms with Crippen LogP contribution >= 0.6 is 48.2 Å². The second kappa shape index (κ2) is 11.1. The van der Waals surface area contributed by atoms with E-state index in [1.54, 1.807) is 24.3 Å². The molecular weight excluding hydrogens is 475 g/mol. The van der Waals surface area contributed by atoms with Gasteiger partial charge >= 0.3 is 6.03 Å². The highest BCUT2D eigenvalue weighted by Crippen LogP contribution is 2.29. The van der Waals surface area contributed by atoms with Gasteiger partial charge in [-0.3, -0.25) is 0 Å². The molecule has 0 bridgehead atoms. The quantitative estimate of drug-likeness (QED) is 0.276. The number of anilines is 2. The standard InChI is InChI=1S/C21H24Cl2N4O2S2/c22-18-8-7-15(14-19(18)23)26-11-10-25(21(26)30)9-2-1-3-12-29-17-6-4-5-16(13-17)27(31)20(24)28/h4-8,13-14,31H,1-3,9-12H2,(H2,24,28). The van der Waals surface area contributed by atoms with Gasteiger partial charge in [0.1, 0.15) is 5.75 Å². The number of hydrogen-bond acceptors (Lipinski definition) is 4. The number of carbonyl (C=O) groups is 1. The SMILES string of the molecule is NC(=O)N(S)c1cccc(OCCCCCN2CCN(c3ccc(Cl)c(Cl)c3)C2=S)c1. The molecule has 1 fully saturated rings. The maximum atomic E-state index is 11.2. The third kappa shape index (κ3) is 6.32. The summed E-state index contributed by atoms with van der Waals surface area (Å²) in [5.41, 5.74) is 6.77. The first-order valence-electron chi connectivity index (χ1n) is 9.89. The first-order valence-corrected chi connectivity index (χ1v) is 11.5. The number of primary amides is 1. The molecule has 31 heavy (non-hydrogen) atoms. The van der Waals surface area contributed by atoms with E-state index in [1.165, 1.54) is 0 Å². The third-order valence-electron chi connectivity index (χ3n) is 4.92. The molecule has 2 aromatic rings.